The van der Waals surface area contributed by atoms with Crippen molar-refractivity contribution in [2.45, 2.75) is 0 Å². The van der Waals surface area contributed by atoms with Gasteiger partial charge in [0.15, 0.2) is 0 Å². The van der Waals surface area contributed by atoms with Crippen LogP contribution in [0, 0.1) is 22.7 Å². The van der Waals surface area contributed by atoms with Crippen LogP contribution in [0.4, 0.5) is 68.2 Å². The lowest BCUT2D eigenvalue weighted by atomic mass is 9.77. The first kappa shape index (κ1) is 53.4. The Morgan fingerprint density at radius 2 is 0.326 bits per heavy atom. The van der Waals surface area contributed by atoms with Crippen molar-refractivity contribution >= 4 is 68.2 Å². The van der Waals surface area contributed by atoms with Gasteiger partial charge in [-0.05, 0) is 168 Å². The van der Waals surface area contributed by atoms with Gasteiger partial charge in [0.05, 0.1) is 11.1 Å². The first-order valence-corrected chi connectivity index (χ1v) is 28.7. The van der Waals surface area contributed by atoms with E-state index in [1.807, 2.05) is 146 Å². The Hall–Kier alpha value is -12.0. The van der Waals surface area contributed by atoms with Gasteiger partial charge in [0.2, 0.25) is 0 Å². The van der Waals surface area contributed by atoms with E-state index in [4.69, 9.17) is 0 Å². The molecule has 0 aliphatic rings. The Balaban J connectivity index is 1.15. The maximum Gasteiger partial charge on any atom is 0.100 e. The van der Waals surface area contributed by atoms with Crippen molar-refractivity contribution in [3.05, 3.63) is 351 Å². The van der Waals surface area contributed by atoms with E-state index >= 15 is 0 Å². The smallest absolute Gasteiger partial charge is 0.100 e. The summed E-state index contributed by atoms with van der Waals surface area (Å²) in [5.41, 5.74) is 17.7. The summed E-state index contributed by atoms with van der Waals surface area (Å²) in [7, 11) is 0. The molecule has 0 fully saturated rings. The van der Waals surface area contributed by atoms with Gasteiger partial charge in [0.25, 0.3) is 0 Å². The van der Waals surface area contributed by atoms with E-state index in [9.17, 15) is 10.5 Å². The van der Waals surface area contributed by atoms with Gasteiger partial charge in [-0.2, -0.15) is 10.5 Å². The highest BCUT2D eigenvalue weighted by Gasteiger charge is 2.30. The predicted octanol–water partition coefficient (Wildman–Crippen LogP) is 22.0. The third kappa shape index (κ3) is 10.7. The number of anilines is 12. The van der Waals surface area contributed by atoms with Crippen LogP contribution in [0.25, 0.3) is 44.5 Å². The molecule has 0 unspecified atom stereocenters. The van der Waals surface area contributed by atoms with Crippen LogP contribution in [0.3, 0.4) is 0 Å². The molecule has 0 atom stereocenters. The lowest BCUT2D eigenvalue weighted by molar-refractivity contribution is 1.28. The largest absolute Gasteiger partial charge is 0.310 e. The van der Waals surface area contributed by atoms with E-state index in [-0.39, 0.29) is 0 Å². The third-order valence-corrected chi connectivity index (χ3v) is 15.4. The van der Waals surface area contributed by atoms with Crippen LogP contribution in [0.2, 0.25) is 0 Å². The van der Waals surface area contributed by atoms with Crippen LogP contribution in [-0.4, -0.2) is 0 Å². The van der Waals surface area contributed by atoms with Crippen molar-refractivity contribution in [2.24, 2.45) is 0 Å². The molecule has 0 aliphatic carbocycles. The van der Waals surface area contributed by atoms with Crippen molar-refractivity contribution in [1.82, 2.24) is 0 Å². The Bertz CT molecular complexity index is 3800. The molecular weight excluding hydrogens is 1040 g/mol. The molecule has 406 valence electrons. The molecule has 0 amide bonds. The second-order valence-corrected chi connectivity index (χ2v) is 20.7. The number of rotatable bonds is 16. The topological polar surface area (TPSA) is 60.5 Å². The number of nitriles is 2. The zero-order valence-electron chi connectivity index (χ0n) is 47.0. The average Bonchev–Trinajstić information content (AvgIpc) is 1.05. The van der Waals surface area contributed by atoms with Crippen LogP contribution < -0.4 is 19.6 Å². The summed E-state index contributed by atoms with van der Waals surface area (Å²) in [6.07, 6.45) is 0. The molecule has 86 heavy (non-hydrogen) atoms. The van der Waals surface area contributed by atoms with Crippen LogP contribution >= 0.6 is 0 Å². The van der Waals surface area contributed by atoms with E-state index in [1.165, 1.54) is 0 Å². The SMILES string of the molecule is N#Cc1c(-c2cccc(N(c3ccccc3)c3ccccc3)c2)c(-c2cccc(N(c3ccccc3)c3ccccc3)c2)c(C#N)c(-c2cccc(N(c3ccccc3)c3ccccc3)c2)c1-c1cccc(N(c2ccccc2)c2ccccc2)c1. The molecule has 0 heterocycles. The van der Waals surface area contributed by atoms with Gasteiger partial charge in [0, 0.05) is 90.5 Å². The monoisotopic (exact) mass is 1100 g/mol. The molecule has 0 aromatic heterocycles. The zero-order valence-corrected chi connectivity index (χ0v) is 47.0. The fourth-order valence-electron chi connectivity index (χ4n) is 11.7. The van der Waals surface area contributed by atoms with Crippen molar-refractivity contribution < 1.29 is 0 Å². The summed E-state index contributed by atoms with van der Waals surface area (Å²) in [5.74, 6) is 0. The lowest BCUT2D eigenvalue weighted by Crippen LogP contribution is -2.11. The average molecular weight is 1100 g/mol. The minimum atomic E-state index is 0.419. The molecule has 0 bridgehead atoms. The van der Waals surface area contributed by atoms with E-state index < -0.39 is 0 Å². The molecule has 0 spiro atoms. The minimum absolute atomic E-state index is 0.419. The third-order valence-electron chi connectivity index (χ3n) is 15.4. The molecule has 13 aromatic rings. The summed E-state index contributed by atoms with van der Waals surface area (Å²) in [4.78, 5) is 8.93. The van der Waals surface area contributed by atoms with Gasteiger partial charge >= 0.3 is 0 Å². The van der Waals surface area contributed by atoms with Crippen LogP contribution in [-0.2, 0) is 0 Å². The van der Waals surface area contributed by atoms with E-state index in [2.05, 4.69) is 226 Å². The number of nitrogens with zero attached hydrogens (tertiary/aromatic N) is 6. The minimum Gasteiger partial charge on any atom is -0.310 e. The summed E-state index contributed by atoms with van der Waals surface area (Å²) in [6.45, 7) is 0. The number of hydrogen-bond acceptors (Lipinski definition) is 6. The molecule has 13 aromatic carbocycles. The van der Waals surface area contributed by atoms with E-state index in [0.717, 1.165) is 90.5 Å². The number of hydrogen-bond donors (Lipinski definition) is 0. The summed E-state index contributed by atoms with van der Waals surface area (Å²) in [6, 6.07) is 122. The highest BCUT2D eigenvalue weighted by atomic mass is 15.2. The van der Waals surface area contributed by atoms with Crippen LogP contribution in [0.15, 0.2) is 340 Å². The first-order valence-electron chi connectivity index (χ1n) is 28.7. The van der Waals surface area contributed by atoms with E-state index in [1.54, 1.807) is 0 Å². The molecule has 0 radical (unpaired) electrons. The maximum atomic E-state index is 12.5. The van der Waals surface area contributed by atoms with Crippen LogP contribution in [0.5, 0.6) is 0 Å². The standard InChI is InChI=1S/C80H56N6/c81-57-75-77(59-29-25-49-71(53-59)83(63-33-9-1-10-34-63)64-35-11-2-12-36-64)78(60-30-26-50-72(54-60)84(65-37-13-3-14-38-65)66-39-15-4-16-40-66)76(58-82)80(62-32-28-52-74(56-62)86(69-45-21-7-22-46-69)70-47-23-8-24-48-70)79(75)61-31-27-51-73(55-61)85(67-41-17-5-18-42-67)68-43-19-6-20-44-68/h1-56H. The number of benzene rings is 13. The molecule has 0 N–H and O–H groups in total. The van der Waals surface area contributed by atoms with Gasteiger partial charge in [-0.3, -0.25) is 0 Å². The van der Waals surface area contributed by atoms with Gasteiger partial charge in [0.1, 0.15) is 12.1 Å². The highest BCUT2D eigenvalue weighted by molar-refractivity contribution is 6.06. The van der Waals surface area contributed by atoms with Gasteiger partial charge < -0.3 is 19.6 Å². The highest BCUT2D eigenvalue weighted by Crippen LogP contribution is 2.52. The summed E-state index contributed by atoms with van der Waals surface area (Å²) < 4.78 is 0. The molecule has 0 saturated carbocycles. The fraction of sp³-hybridized carbons (Fsp3) is 0. The Morgan fingerprint density at radius 3 is 0.477 bits per heavy atom. The normalized spacial score (nSPS) is 10.8. The predicted molar refractivity (Wildman–Crippen MR) is 356 cm³/mol. The van der Waals surface area contributed by atoms with Gasteiger partial charge in [-0.15, -0.1) is 0 Å². The van der Waals surface area contributed by atoms with E-state index in [0.29, 0.717) is 33.4 Å². The summed E-state index contributed by atoms with van der Waals surface area (Å²) in [5, 5.41) is 25.0. The molecule has 13 rings (SSSR count). The van der Waals surface area contributed by atoms with Crippen molar-refractivity contribution in [2.75, 3.05) is 19.6 Å². The second-order valence-electron chi connectivity index (χ2n) is 20.7. The maximum absolute atomic E-state index is 12.5. The quantitative estimate of drug-likeness (QED) is 0.0961. The summed E-state index contributed by atoms with van der Waals surface area (Å²) >= 11 is 0. The molecular formula is C80H56N6. The molecule has 6 nitrogen and oxygen atoms in total. The van der Waals surface area contributed by atoms with Crippen molar-refractivity contribution in [3.63, 3.8) is 0 Å². The number of para-hydroxylation sites is 8. The zero-order chi connectivity index (χ0) is 58.0. The van der Waals surface area contributed by atoms with Gasteiger partial charge in [-0.1, -0.05) is 194 Å². The Labute approximate surface area is 503 Å². The molecule has 0 aliphatic heterocycles. The Kier molecular flexibility index (Phi) is 15.3. The molecule has 6 heteroatoms. The van der Waals surface area contributed by atoms with Crippen molar-refractivity contribution in [1.29, 1.82) is 10.5 Å². The lowest BCUT2D eigenvalue weighted by Gasteiger charge is -2.29. The first-order chi connectivity index (χ1) is 42.6. The molecule has 0 saturated heterocycles. The van der Waals surface area contributed by atoms with Crippen molar-refractivity contribution in [3.8, 4) is 56.6 Å². The van der Waals surface area contributed by atoms with Crippen LogP contribution in [0.1, 0.15) is 11.1 Å². The Morgan fingerprint density at radius 1 is 0.174 bits per heavy atom. The second kappa shape index (κ2) is 24.6. The van der Waals surface area contributed by atoms with Gasteiger partial charge in [-0.25, -0.2) is 0 Å². The fourth-order valence-corrected chi connectivity index (χ4v) is 11.7.